The zero-order chi connectivity index (χ0) is 33.2. The van der Waals surface area contributed by atoms with E-state index in [0.29, 0.717) is 23.1 Å². The Kier molecular flexibility index (Phi) is 6.54. The lowest BCUT2D eigenvalue weighted by Crippen LogP contribution is -2.26. The zero-order valence-electron chi connectivity index (χ0n) is 27.4. The first-order chi connectivity index (χ1) is 24.1. The number of hydrogen-bond acceptors (Lipinski definition) is 3. The summed E-state index contributed by atoms with van der Waals surface area (Å²) in [5.74, 6) is 0.363. The highest BCUT2D eigenvalue weighted by Crippen LogP contribution is 2.47. The number of benzene rings is 6. The second-order valence-electron chi connectivity index (χ2n) is 13.1. The molecule has 9 rings (SSSR count). The number of anilines is 2. The van der Waals surface area contributed by atoms with E-state index in [9.17, 15) is 10.5 Å². The molecule has 4 nitrogen and oxygen atoms in total. The molecule has 232 valence electrons. The molecule has 0 radical (unpaired) electrons. The van der Waals surface area contributed by atoms with Crippen LogP contribution >= 0.6 is 0 Å². The third-order valence-corrected chi connectivity index (χ3v) is 10.4. The van der Waals surface area contributed by atoms with Gasteiger partial charge in [-0.2, -0.15) is 10.5 Å². The predicted molar refractivity (Wildman–Crippen MR) is 199 cm³/mol. The molecule has 0 spiro atoms. The molecule has 1 aliphatic heterocycles. The molecule has 6 aromatic carbocycles. The van der Waals surface area contributed by atoms with Crippen molar-refractivity contribution in [2.45, 2.75) is 32.2 Å². The number of para-hydroxylation sites is 2. The summed E-state index contributed by atoms with van der Waals surface area (Å²) >= 11 is 0. The van der Waals surface area contributed by atoms with Crippen molar-refractivity contribution in [1.82, 2.24) is 4.57 Å². The van der Waals surface area contributed by atoms with Crippen LogP contribution in [0.3, 0.4) is 0 Å². The van der Waals surface area contributed by atoms with Gasteiger partial charge in [0.2, 0.25) is 0 Å². The summed E-state index contributed by atoms with van der Waals surface area (Å²) in [6.45, 7) is 4.42. The molecular formula is C45H32N4. The van der Waals surface area contributed by atoms with E-state index in [4.69, 9.17) is 0 Å². The quantitative estimate of drug-likeness (QED) is 0.178. The summed E-state index contributed by atoms with van der Waals surface area (Å²) in [5.41, 5.74) is 15.7. The van der Waals surface area contributed by atoms with Gasteiger partial charge in [-0.15, -0.1) is 0 Å². The van der Waals surface area contributed by atoms with Crippen molar-refractivity contribution in [3.63, 3.8) is 0 Å². The van der Waals surface area contributed by atoms with Crippen LogP contribution in [0, 0.1) is 22.7 Å². The third-order valence-electron chi connectivity index (χ3n) is 10.4. The zero-order valence-corrected chi connectivity index (χ0v) is 27.4. The Bertz CT molecular complexity index is 2590. The highest BCUT2D eigenvalue weighted by atomic mass is 15.2. The predicted octanol–water partition coefficient (Wildman–Crippen LogP) is 11.0. The van der Waals surface area contributed by atoms with Crippen molar-refractivity contribution in [3.8, 4) is 40.1 Å². The van der Waals surface area contributed by atoms with Crippen molar-refractivity contribution in [3.05, 3.63) is 161 Å². The van der Waals surface area contributed by atoms with Crippen LogP contribution in [0.25, 0.3) is 49.7 Å². The minimum absolute atomic E-state index is 0.326. The fraction of sp³-hybridized carbons (Fsp3) is 0.111. The van der Waals surface area contributed by atoms with E-state index in [-0.39, 0.29) is 0 Å². The van der Waals surface area contributed by atoms with Gasteiger partial charge in [-0.05, 0) is 114 Å². The van der Waals surface area contributed by atoms with E-state index >= 15 is 0 Å². The smallest absolute Gasteiger partial charge is 0.0992 e. The summed E-state index contributed by atoms with van der Waals surface area (Å²) in [6, 6.07) is 47.7. The Morgan fingerprint density at radius 2 is 1.41 bits per heavy atom. The Morgan fingerprint density at radius 1 is 0.673 bits per heavy atom. The topological polar surface area (TPSA) is 55.8 Å². The van der Waals surface area contributed by atoms with Crippen LogP contribution in [-0.4, -0.2) is 10.6 Å². The van der Waals surface area contributed by atoms with Crippen LogP contribution in [0.1, 0.15) is 47.6 Å². The molecule has 0 N–H and O–H groups in total. The second kappa shape index (κ2) is 11.1. The highest BCUT2D eigenvalue weighted by molar-refractivity contribution is 6.10. The molecule has 2 unspecified atom stereocenters. The highest BCUT2D eigenvalue weighted by Gasteiger charge is 2.34. The van der Waals surface area contributed by atoms with Crippen molar-refractivity contribution in [2.75, 3.05) is 4.90 Å². The molecule has 4 heteroatoms. The van der Waals surface area contributed by atoms with E-state index in [1.165, 1.54) is 44.8 Å². The minimum atomic E-state index is 0.326. The van der Waals surface area contributed by atoms with Crippen LogP contribution < -0.4 is 4.90 Å². The number of allylic oxidation sites excluding steroid dienone is 1. The van der Waals surface area contributed by atoms with Crippen LogP contribution in [0.4, 0.5) is 11.4 Å². The number of fused-ring (bicyclic) bond motifs is 5. The van der Waals surface area contributed by atoms with Gasteiger partial charge >= 0.3 is 0 Å². The number of nitrogens with zero attached hydrogens (tertiary/aromatic N) is 4. The van der Waals surface area contributed by atoms with Crippen molar-refractivity contribution in [2.24, 2.45) is 0 Å². The first-order valence-corrected chi connectivity index (χ1v) is 16.8. The SMILES string of the molecule is C/C=C\C1c2ccccc2N(c2ccc(-c3cc4c(c(-c5ccccc5-n5c6ccc(C#N)cc6c6ccc(C#N)cc65)c3)C4)cc2)C1C. The molecule has 0 saturated heterocycles. The lowest BCUT2D eigenvalue weighted by atomic mass is 9.95. The maximum absolute atomic E-state index is 9.79. The van der Waals surface area contributed by atoms with Crippen molar-refractivity contribution >= 4 is 33.2 Å². The molecule has 49 heavy (non-hydrogen) atoms. The van der Waals surface area contributed by atoms with Crippen LogP contribution in [0.5, 0.6) is 0 Å². The van der Waals surface area contributed by atoms with Crippen LogP contribution in [0.2, 0.25) is 0 Å². The Morgan fingerprint density at radius 3 is 2.20 bits per heavy atom. The van der Waals surface area contributed by atoms with Gasteiger partial charge < -0.3 is 9.47 Å². The number of aromatic nitrogens is 1. The fourth-order valence-corrected chi connectivity index (χ4v) is 8.04. The molecule has 0 bridgehead atoms. The van der Waals surface area contributed by atoms with E-state index in [1.54, 1.807) is 0 Å². The summed E-state index contributed by atoms with van der Waals surface area (Å²) < 4.78 is 2.26. The maximum Gasteiger partial charge on any atom is 0.0992 e. The van der Waals surface area contributed by atoms with E-state index in [1.807, 2.05) is 36.4 Å². The molecule has 0 saturated carbocycles. The standard InChI is InChI=1S/C45H32N4/c1-3-8-35-28(2)48(42-11-6-4-9-36(35)42)34-17-15-31(16-18-34)32-23-33-25-39(33)40(24-32)37-10-5-7-12-43(37)49-44-20-14-29(26-46)21-41(44)38-19-13-30(27-47)22-45(38)49/h3-24,28,35H,25H2,1-2H3/b8-3-. The van der Waals surface area contributed by atoms with Gasteiger partial charge in [0, 0.05) is 39.7 Å². The van der Waals surface area contributed by atoms with Crippen LogP contribution in [0.15, 0.2) is 133 Å². The Balaban J connectivity index is 1.15. The van der Waals surface area contributed by atoms with Gasteiger partial charge in [-0.1, -0.05) is 72.8 Å². The summed E-state index contributed by atoms with van der Waals surface area (Å²) in [6.07, 6.45) is 5.47. The van der Waals surface area contributed by atoms with Gasteiger partial charge in [-0.3, -0.25) is 0 Å². The number of hydrogen-bond donors (Lipinski definition) is 0. The van der Waals surface area contributed by atoms with Crippen LogP contribution in [-0.2, 0) is 6.42 Å². The molecule has 0 fully saturated rings. The van der Waals surface area contributed by atoms with Crippen molar-refractivity contribution < 1.29 is 0 Å². The minimum Gasteiger partial charge on any atom is -0.337 e. The lowest BCUT2D eigenvalue weighted by Gasteiger charge is -2.27. The Hall–Kier alpha value is -6.36. The molecule has 1 aromatic heterocycles. The number of rotatable bonds is 5. The normalized spacial score (nSPS) is 16.1. The average Bonchev–Trinajstić information content (AvgIpc) is 3.80. The lowest BCUT2D eigenvalue weighted by molar-refractivity contribution is 0.689. The fourth-order valence-electron chi connectivity index (χ4n) is 8.04. The van der Waals surface area contributed by atoms with E-state index < -0.39 is 0 Å². The Labute approximate surface area is 286 Å². The van der Waals surface area contributed by atoms with Gasteiger partial charge in [-0.25, -0.2) is 0 Å². The molecular weight excluding hydrogens is 597 g/mol. The van der Waals surface area contributed by atoms with E-state index in [2.05, 4.69) is 133 Å². The first kappa shape index (κ1) is 28.8. The molecule has 1 aliphatic carbocycles. The first-order valence-electron chi connectivity index (χ1n) is 16.8. The summed E-state index contributed by atoms with van der Waals surface area (Å²) in [7, 11) is 0. The average molecular weight is 629 g/mol. The maximum atomic E-state index is 9.79. The molecule has 2 aliphatic rings. The monoisotopic (exact) mass is 628 g/mol. The molecule has 0 amide bonds. The van der Waals surface area contributed by atoms with Gasteiger partial charge in [0.05, 0.1) is 40.0 Å². The third kappa shape index (κ3) is 4.50. The second-order valence-corrected chi connectivity index (χ2v) is 13.1. The summed E-state index contributed by atoms with van der Waals surface area (Å²) in [4.78, 5) is 2.47. The largest absolute Gasteiger partial charge is 0.337 e. The van der Waals surface area contributed by atoms with Gasteiger partial charge in [0.15, 0.2) is 0 Å². The summed E-state index contributed by atoms with van der Waals surface area (Å²) in [5, 5.41) is 21.5. The van der Waals surface area contributed by atoms with Gasteiger partial charge in [0.1, 0.15) is 0 Å². The molecule has 2 atom stereocenters. The van der Waals surface area contributed by atoms with E-state index in [0.717, 1.165) is 39.5 Å². The molecule has 2 heterocycles. The molecule has 7 aromatic rings. The van der Waals surface area contributed by atoms with Crippen molar-refractivity contribution in [1.29, 1.82) is 10.5 Å². The van der Waals surface area contributed by atoms with Gasteiger partial charge in [0.25, 0.3) is 0 Å². The number of nitriles is 2.